The Balaban J connectivity index is 2.00. The standard InChI is InChI=1S/C27H22N4O2/c28-15-23(16-29)27(17-30)22-8-12-26(13-9-22)31(24-4-2-1-3-5-24)25-10-6-20(7-11-25)14-21(18-32)19-33/h1-13,21,32-33H,14,18-19H2. The first-order valence-electron chi connectivity index (χ1n) is 10.4. The highest BCUT2D eigenvalue weighted by Gasteiger charge is 2.15. The van der Waals surface area contributed by atoms with E-state index in [9.17, 15) is 15.5 Å². The molecule has 0 aromatic heterocycles. The monoisotopic (exact) mass is 434 g/mol. The first-order chi connectivity index (χ1) is 16.1. The second-order valence-corrected chi connectivity index (χ2v) is 7.40. The molecule has 0 unspecified atom stereocenters. The summed E-state index contributed by atoms with van der Waals surface area (Å²) in [6.07, 6.45) is 0.580. The Labute approximate surface area is 193 Å². The number of allylic oxidation sites excluding steroid dienone is 2. The molecule has 0 aliphatic carbocycles. The van der Waals surface area contributed by atoms with Crippen molar-refractivity contribution in [1.29, 1.82) is 15.8 Å². The molecule has 0 saturated carbocycles. The molecule has 3 aromatic carbocycles. The van der Waals surface area contributed by atoms with Gasteiger partial charge in [0.05, 0.1) is 5.57 Å². The lowest BCUT2D eigenvalue weighted by Gasteiger charge is -2.26. The molecule has 6 heteroatoms. The van der Waals surface area contributed by atoms with Crippen molar-refractivity contribution in [3.05, 3.63) is 95.6 Å². The van der Waals surface area contributed by atoms with Crippen molar-refractivity contribution in [2.75, 3.05) is 18.1 Å². The minimum atomic E-state index is -0.218. The smallest absolute Gasteiger partial charge is 0.148 e. The van der Waals surface area contributed by atoms with Gasteiger partial charge in [0, 0.05) is 36.2 Å². The van der Waals surface area contributed by atoms with Gasteiger partial charge in [0.1, 0.15) is 23.8 Å². The van der Waals surface area contributed by atoms with E-state index in [1.165, 1.54) is 0 Å². The third kappa shape index (κ3) is 5.45. The third-order valence-electron chi connectivity index (χ3n) is 5.25. The number of rotatable bonds is 8. The summed E-state index contributed by atoms with van der Waals surface area (Å²) in [4.78, 5) is 2.05. The van der Waals surface area contributed by atoms with Gasteiger partial charge in [0.2, 0.25) is 0 Å². The molecule has 0 spiro atoms. The van der Waals surface area contributed by atoms with E-state index in [4.69, 9.17) is 10.5 Å². The number of benzene rings is 3. The lowest BCUT2D eigenvalue weighted by atomic mass is 10.00. The SMILES string of the molecule is N#CC(C#N)=C(C#N)c1ccc(N(c2ccccc2)c2ccc(CC(CO)CO)cc2)cc1. The van der Waals surface area contributed by atoms with Crippen LogP contribution in [0.15, 0.2) is 84.4 Å². The van der Waals surface area contributed by atoms with Crippen LogP contribution in [0.25, 0.3) is 5.57 Å². The van der Waals surface area contributed by atoms with E-state index in [0.717, 1.165) is 22.6 Å². The molecular weight excluding hydrogens is 412 g/mol. The van der Waals surface area contributed by atoms with Crippen LogP contribution in [-0.4, -0.2) is 23.4 Å². The normalized spacial score (nSPS) is 10.1. The van der Waals surface area contributed by atoms with Gasteiger partial charge in [-0.3, -0.25) is 0 Å². The summed E-state index contributed by atoms with van der Waals surface area (Å²) >= 11 is 0. The van der Waals surface area contributed by atoms with Crippen molar-refractivity contribution in [3.8, 4) is 18.2 Å². The molecule has 0 atom stereocenters. The van der Waals surface area contributed by atoms with Crippen molar-refractivity contribution in [2.45, 2.75) is 6.42 Å². The average Bonchev–Trinajstić information content (AvgIpc) is 2.88. The largest absolute Gasteiger partial charge is 0.396 e. The molecular formula is C27H22N4O2. The van der Waals surface area contributed by atoms with Gasteiger partial charge in [-0.25, -0.2) is 0 Å². The van der Waals surface area contributed by atoms with Crippen LogP contribution in [0.2, 0.25) is 0 Å². The molecule has 0 heterocycles. The number of aliphatic hydroxyl groups is 2. The molecule has 0 bridgehead atoms. The molecule has 0 radical (unpaired) electrons. The summed E-state index contributed by atoms with van der Waals surface area (Å²) in [6, 6.07) is 30.3. The van der Waals surface area contributed by atoms with Crippen LogP contribution in [0.5, 0.6) is 0 Å². The Morgan fingerprint density at radius 1 is 0.697 bits per heavy atom. The zero-order valence-electron chi connectivity index (χ0n) is 17.9. The fourth-order valence-corrected chi connectivity index (χ4v) is 3.50. The number of aliphatic hydroxyl groups excluding tert-OH is 2. The Hall–Kier alpha value is -4.41. The first kappa shape index (κ1) is 23.3. The number of anilines is 3. The van der Waals surface area contributed by atoms with E-state index in [1.54, 1.807) is 24.3 Å². The molecule has 0 aliphatic heterocycles. The predicted octanol–water partition coefficient (Wildman–Crippen LogP) is 4.62. The highest BCUT2D eigenvalue weighted by atomic mass is 16.3. The molecule has 3 rings (SSSR count). The fourth-order valence-electron chi connectivity index (χ4n) is 3.50. The zero-order chi connectivity index (χ0) is 23.6. The number of nitrogens with zero attached hydrogens (tertiary/aromatic N) is 4. The summed E-state index contributed by atoms with van der Waals surface area (Å²) in [6.45, 7) is -0.140. The number of nitriles is 3. The lowest BCUT2D eigenvalue weighted by Crippen LogP contribution is -2.14. The number of hydrogen-bond acceptors (Lipinski definition) is 6. The molecule has 2 N–H and O–H groups in total. The van der Waals surface area contributed by atoms with Crippen molar-refractivity contribution in [2.24, 2.45) is 5.92 Å². The molecule has 0 aliphatic rings. The van der Waals surface area contributed by atoms with Gasteiger partial charge in [-0.15, -0.1) is 0 Å². The minimum absolute atomic E-state index is 0.0458. The van der Waals surface area contributed by atoms with Crippen LogP contribution < -0.4 is 4.90 Å². The van der Waals surface area contributed by atoms with Crippen LogP contribution >= 0.6 is 0 Å². The molecule has 6 nitrogen and oxygen atoms in total. The topological polar surface area (TPSA) is 115 Å². The maximum absolute atomic E-state index is 9.42. The quantitative estimate of drug-likeness (QED) is 0.500. The summed E-state index contributed by atoms with van der Waals surface area (Å²) < 4.78 is 0. The van der Waals surface area contributed by atoms with Gasteiger partial charge >= 0.3 is 0 Å². The van der Waals surface area contributed by atoms with Crippen LogP contribution in [0, 0.1) is 39.9 Å². The summed E-state index contributed by atoms with van der Waals surface area (Å²) in [5, 5.41) is 46.4. The molecule has 162 valence electrons. The van der Waals surface area contributed by atoms with Crippen LogP contribution in [0.3, 0.4) is 0 Å². The Kier molecular flexibility index (Phi) is 7.95. The van der Waals surface area contributed by atoms with E-state index < -0.39 is 0 Å². The second-order valence-electron chi connectivity index (χ2n) is 7.40. The van der Waals surface area contributed by atoms with Gasteiger partial charge in [-0.05, 0) is 53.9 Å². The Bertz CT molecular complexity index is 1210. The fraction of sp³-hybridized carbons (Fsp3) is 0.148. The van der Waals surface area contributed by atoms with E-state index >= 15 is 0 Å². The minimum Gasteiger partial charge on any atom is -0.396 e. The summed E-state index contributed by atoms with van der Waals surface area (Å²) in [7, 11) is 0. The number of para-hydroxylation sites is 1. The molecule has 33 heavy (non-hydrogen) atoms. The zero-order valence-corrected chi connectivity index (χ0v) is 17.9. The van der Waals surface area contributed by atoms with Crippen molar-refractivity contribution in [3.63, 3.8) is 0 Å². The van der Waals surface area contributed by atoms with E-state index in [0.29, 0.717) is 12.0 Å². The number of hydrogen-bond donors (Lipinski definition) is 2. The maximum atomic E-state index is 9.42. The predicted molar refractivity (Wildman–Crippen MR) is 126 cm³/mol. The molecule has 0 fully saturated rings. The van der Waals surface area contributed by atoms with Crippen LogP contribution in [-0.2, 0) is 6.42 Å². The van der Waals surface area contributed by atoms with Crippen molar-refractivity contribution >= 4 is 22.6 Å². The lowest BCUT2D eigenvalue weighted by molar-refractivity contribution is 0.150. The van der Waals surface area contributed by atoms with Crippen molar-refractivity contribution < 1.29 is 10.2 Å². The third-order valence-corrected chi connectivity index (χ3v) is 5.25. The summed E-state index contributed by atoms with van der Waals surface area (Å²) in [5.74, 6) is -0.192. The van der Waals surface area contributed by atoms with E-state index in [-0.39, 0.29) is 30.3 Å². The average molecular weight is 434 g/mol. The van der Waals surface area contributed by atoms with Gasteiger partial charge < -0.3 is 15.1 Å². The maximum Gasteiger partial charge on any atom is 0.148 e. The first-order valence-corrected chi connectivity index (χ1v) is 10.4. The van der Waals surface area contributed by atoms with Crippen molar-refractivity contribution in [1.82, 2.24) is 0 Å². The second kappa shape index (κ2) is 11.3. The van der Waals surface area contributed by atoms with Gasteiger partial charge in [0.15, 0.2) is 0 Å². The van der Waals surface area contributed by atoms with E-state index in [2.05, 4.69) is 0 Å². The molecule has 0 amide bonds. The van der Waals surface area contributed by atoms with Gasteiger partial charge in [0.25, 0.3) is 0 Å². The molecule has 0 saturated heterocycles. The summed E-state index contributed by atoms with van der Waals surface area (Å²) in [5.41, 5.74) is 4.03. The highest BCUT2D eigenvalue weighted by molar-refractivity contribution is 5.85. The Morgan fingerprint density at radius 2 is 1.21 bits per heavy atom. The van der Waals surface area contributed by atoms with E-state index in [1.807, 2.05) is 77.7 Å². The highest BCUT2D eigenvalue weighted by Crippen LogP contribution is 2.35. The molecule has 3 aromatic rings. The van der Waals surface area contributed by atoms with Gasteiger partial charge in [-0.1, -0.05) is 42.5 Å². The van der Waals surface area contributed by atoms with Crippen LogP contribution in [0.1, 0.15) is 11.1 Å². The Morgan fingerprint density at radius 3 is 1.70 bits per heavy atom. The van der Waals surface area contributed by atoms with Crippen LogP contribution in [0.4, 0.5) is 17.1 Å². The van der Waals surface area contributed by atoms with Gasteiger partial charge in [-0.2, -0.15) is 15.8 Å².